The standard InChI is InChI=1S/C16H14N2O6/c1-7(18-10-5-3-4-9(6-10)14(17)21)11-13(20)12(8(2)19)16(23)24-15(11)22/h3-6,20,23H,1-2H3,(H2,17,21). The van der Waals surface area contributed by atoms with E-state index in [-0.39, 0.29) is 16.8 Å². The van der Waals surface area contributed by atoms with Gasteiger partial charge in [0.25, 0.3) is 5.95 Å². The van der Waals surface area contributed by atoms with Gasteiger partial charge in [-0.05, 0) is 32.0 Å². The molecular weight excluding hydrogens is 316 g/mol. The van der Waals surface area contributed by atoms with Crippen LogP contribution in [0.3, 0.4) is 0 Å². The van der Waals surface area contributed by atoms with Gasteiger partial charge in [0.05, 0.1) is 11.4 Å². The molecule has 4 N–H and O–H groups in total. The first-order valence-corrected chi connectivity index (χ1v) is 6.78. The maximum absolute atomic E-state index is 11.9. The van der Waals surface area contributed by atoms with Gasteiger partial charge in [-0.25, -0.2) is 4.79 Å². The maximum atomic E-state index is 11.9. The number of hydrogen-bond donors (Lipinski definition) is 3. The zero-order chi connectivity index (χ0) is 18.0. The summed E-state index contributed by atoms with van der Waals surface area (Å²) in [6.45, 7) is 2.51. The highest BCUT2D eigenvalue weighted by Gasteiger charge is 2.23. The number of rotatable bonds is 4. The molecule has 0 saturated heterocycles. The highest BCUT2D eigenvalue weighted by Crippen LogP contribution is 2.29. The Labute approximate surface area is 135 Å². The number of aliphatic imine (C=N–C) groups is 1. The van der Waals surface area contributed by atoms with Gasteiger partial charge in [-0.15, -0.1) is 0 Å². The van der Waals surface area contributed by atoms with Crippen molar-refractivity contribution in [2.75, 3.05) is 0 Å². The van der Waals surface area contributed by atoms with Crippen LogP contribution < -0.4 is 11.4 Å². The van der Waals surface area contributed by atoms with E-state index in [2.05, 4.69) is 9.41 Å². The zero-order valence-electron chi connectivity index (χ0n) is 12.9. The van der Waals surface area contributed by atoms with Crippen LogP contribution in [-0.4, -0.2) is 27.6 Å². The number of Topliss-reactive ketones (excluding diaryl/α,β-unsaturated/α-hetero) is 1. The third-order valence-electron chi connectivity index (χ3n) is 3.22. The minimum absolute atomic E-state index is 0.0328. The molecule has 24 heavy (non-hydrogen) atoms. The Balaban J connectivity index is 2.62. The number of hydrogen-bond acceptors (Lipinski definition) is 7. The Bertz CT molecular complexity index is 927. The molecule has 1 aromatic carbocycles. The lowest BCUT2D eigenvalue weighted by atomic mass is 10.1. The number of benzene rings is 1. The molecule has 0 saturated carbocycles. The predicted molar refractivity (Wildman–Crippen MR) is 85.1 cm³/mol. The van der Waals surface area contributed by atoms with Gasteiger partial charge in [0, 0.05) is 5.56 Å². The zero-order valence-corrected chi connectivity index (χ0v) is 12.9. The largest absolute Gasteiger partial charge is 0.506 e. The molecular formula is C16H14N2O6. The molecule has 0 spiro atoms. The number of carbonyl (C=O) groups excluding carboxylic acids is 2. The van der Waals surface area contributed by atoms with Gasteiger partial charge in [0.15, 0.2) is 5.78 Å². The van der Waals surface area contributed by atoms with Crippen LogP contribution in [0.1, 0.15) is 40.1 Å². The van der Waals surface area contributed by atoms with E-state index in [1.54, 1.807) is 12.1 Å². The lowest BCUT2D eigenvalue weighted by Crippen LogP contribution is -2.15. The van der Waals surface area contributed by atoms with Crippen molar-refractivity contribution < 1.29 is 24.2 Å². The second-order valence-electron chi connectivity index (χ2n) is 4.96. The van der Waals surface area contributed by atoms with E-state index < -0.39 is 34.6 Å². The molecule has 124 valence electrons. The first kappa shape index (κ1) is 16.9. The molecule has 2 aromatic rings. The van der Waals surface area contributed by atoms with E-state index >= 15 is 0 Å². The van der Waals surface area contributed by atoms with Crippen molar-refractivity contribution in [3.8, 4) is 11.7 Å². The van der Waals surface area contributed by atoms with Gasteiger partial charge < -0.3 is 20.4 Å². The Hall–Kier alpha value is -3.42. The molecule has 8 nitrogen and oxygen atoms in total. The van der Waals surface area contributed by atoms with Crippen LogP contribution >= 0.6 is 0 Å². The van der Waals surface area contributed by atoms with Crippen LogP contribution in [0.25, 0.3) is 0 Å². The number of amides is 1. The Morgan fingerprint density at radius 1 is 1.17 bits per heavy atom. The molecule has 0 aliphatic carbocycles. The number of carbonyl (C=O) groups is 2. The summed E-state index contributed by atoms with van der Waals surface area (Å²) >= 11 is 0. The van der Waals surface area contributed by atoms with E-state index in [0.29, 0.717) is 5.69 Å². The summed E-state index contributed by atoms with van der Waals surface area (Å²) in [5.41, 5.74) is 3.82. The molecule has 0 radical (unpaired) electrons. The van der Waals surface area contributed by atoms with Crippen LogP contribution in [0.5, 0.6) is 11.7 Å². The summed E-state index contributed by atoms with van der Waals surface area (Å²) in [6, 6.07) is 6.00. The van der Waals surface area contributed by atoms with Crippen molar-refractivity contribution in [2.45, 2.75) is 13.8 Å². The molecule has 8 heteroatoms. The molecule has 2 rings (SSSR count). The average Bonchev–Trinajstić information content (AvgIpc) is 2.46. The minimum Gasteiger partial charge on any atom is -0.506 e. The highest BCUT2D eigenvalue weighted by molar-refractivity contribution is 6.07. The van der Waals surface area contributed by atoms with Crippen molar-refractivity contribution in [2.24, 2.45) is 10.7 Å². The first-order chi connectivity index (χ1) is 11.2. The molecule has 0 bridgehead atoms. The molecule has 0 aliphatic rings. The summed E-state index contributed by atoms with van der Waals surface area (Å²) in [7, 11) is 0. The molecule has 0 aliphatic heterocycles. The summed E-state index contributed by atoms with van der Waals surface area (Å²) in [6.07, 6.45) is 0. The molecule has 1 amide bonds. The average molecular weight is 330 g/mol. The van der Waals surface area contributed by atoms with E-state index in [9.17, 15) is 24.6 Å². The fourth-order valence-electron chi connectivity index (χ4n) is 2.13. The van der Waals surface area contributed by atoms with E-state index in [0.717, 1.165) is 6.92 Å². The Morgan fingerprint density at radius 2 is 1.83 bits per heavy atom. The van der Waals surface area contributed by atoms with Gasteiger partial charge in [-0.3, -0.25) is 14.6 Å². The predicted octanol–water partition coefficient (Wildman–Crippen LogP) is 1.49. The Morgan fingerprint density at radius 3 is 2.42 bits per heavy atom. The summed E-state index contributed by atoms with van der Waals surface area (Å²) in [5, 5.41) is 19.6. The number of nitrogens with two attached hydrogens (primary N) is 1. The number of aromatic hydroxyl groups is 2. The molecule has 1 heterocycles. The molecule has 0 unspecified atom stereocenters. The quantitative estimate of drug-likeness (QED) is 0.572. The second-order valence-corrected chi connectivity index (χ2v) is 4.96. The molecule has 0 atom stereocenters. The van der Waals surface area contributed by atoms with Crippen molar-refractivity contribution in [3.63, 3.8) is 0 Å². The SMILES string of the molecule is CC(=O)c1c(O)oc(=O)c(C(C)=Nc2cccc(C(N)=O)c2)c1O. The van der Waals surface area contributed by atoms with Crippen LogP contribution in [-0.2, 0) is 0 Å². The van der Waals surface area contributed by atoms with Gasteiger partial charge in [0.2, 0.25) is 5.91 Å². The fourth-order valence-corrected chi connectivity index (χ4v) is 2.13. The number of nitrogens with zero attached hydrogens (tertiary/aromatic N) is 1. The van der Waals surface area contributed by atoms with Gasteiger partial charge in [-0.2, -0.15) is 0 Å². The van der Waals surface area contributed by atoms with Crippen LogP contribution in [0.4, 0.5) is 5.69 Å². The topological polar surface area (TPSA) is 143 Å². The maximum Gasteiger partial charge on any atom is 0.351 e. The minimum atomic E-state index is -1.05. The van der Waals surface area contributed by atoms with Crippen molar-refractivity contribution in [1.29, 1.82) is 0 Å². The third kappa shape index (κ3) is 3.17. The normalized spacial score (nSPS) is 11.3. The van der Waals surface area contributed by atoms with Crippen LogP contribution in [0.15, 0.2) is 38.5 Å². The van der Waals surface area contributed by atoms with Crippen molar-refractivity contribution in [3.05, 3.63) is 51.4 Å². The van der Waals surface area contributed by atoms with E-state index in [1.807, 2.05) is 0 Å². The Kier molecular flexibility index (Phi) is 4.50. The number of primary amides is 1. The monoisotopic (exact) mass is 330 g/mol. The molecule has 0 fully saturated rings. The van der Waals surface area contributed by atoms with Crippen molar-refractivity contribution >= 4 is 23.1 Å². The smallest absolute Gasteiger partial charge is 0.351 e. The van der Waals surface area contributed by atoms with Crippen LogP contribution in [0.2, 0.25) is 0 Å². The van der Waals surface area contributed by atoms with Gasteiger partial charge >= 0.3 is 5.63 Å². The van der Waals surface area contributed by atoms with Crippen molar-refractivity contribution in [1.82, 2.24) is 0 Å². The fraction of sp³-hybridized carbons (Fsp3) is 0.125. The lowest BCUT2D eigenvalue weighted by Gasteiger charge is -2.07. The summed E-state index contributed by atoms with van der Waals surface area (Å²) in [4.78, 5) is 38.7. The number of ketones is 1. The van der Waals surface area contributed by atoms with E-state index in [1.165, 1.54) is 19.1 Å². The first-order valence-electron chi connectivity index (χ1n) is 6.78. The molecule has 1 aromatic heterocycles. The lowest BCUT2D eigenvalue weighted by molar-refractivity contribution is 0.0992. The van der Waals surface area contributed by atoms with E-state index in [4.69, 9.17) is 5.73 Å². The van der Waals surface area contributed by atoms with Crippen LogP contribution in [0, 0.1) is 0 Å². The summed E-state index contributed by atoms with van der Waals surface area (Å²) in [5.74, 6) is -3.00. The third-order valence-corrected chi connectivity index (χ3v) is 3.22. The van der Waals surface area contributed by atoms with Gasteiger partial charge in [-0.1, -0.05) is 6.07 Å². The second kappa shape index (κ2) is 6.37. The van der Waals surface area contributed by atoms with Gasteiger partial charge in [0.1, 0.15) is 16.9 Å². The highest BCUT2D eigenvalue weighted by atomic mass is 16.5. The summed E-state index contributed by atoms with van der Waals surface area (Å²) < 4.78 is 4.57.